The lowest BCUT2D eigenvalue weighted by molar-refractivity contribution is -0.274. The molecule has 2 N–H and O–H groups in total. The maximum absolute atomic E-state index is 12.3. The van der Waals surface area contributed by atoms with Crippen LogP contribution in [0.3, 0.4) is 0 Å². The van der Waals surface area contributed by atoms with E-state index in [0.717, 1.165) is 28.3 Å². The van der Waals surface area contributed by atoms with E-state index in [-0.39, 0.29) is 24.8 Å². The highest BCUT2D eigenvalue weighted by atomic mass is 19.4. The molecule has 7 heteroatoms. The molecule has 0 aliphatic rings. The number of benzene rings is 2. The molecule has 0 aliphatic carbocycles. The van der Waals surface area contributed by atoms with Crippen molar-refractivity contribution in [3.8, 4) is 16.9 Å². The van der Waals surface area contributed by atoms with Gasteiger partial charge in [0.05, 0.1) is 6.61 Å². The first-order valence-corrected chi connectivity index (χ1v) is 8.29. The maximum Gasteiger partial charge on any atom is 0.573 e. The number of rotatable bonds is 7. The van der Waals surface area contributed by atoms with Gasteiger partial charge < -0.3 is 15.2 Å². The Kier molecular flexibility index (Phi) is 6.63. The van der Waals surface area contributed by atoms with Crippen LogP contribution >= 0.6 is 0 Å². The normalized spacial score (nSPS) is 11.1. The van der Waals surface area contributed by atoms with Gasteiger partial charge in [-0.15, -0.1) is 13.2 Å². The highest BCUT2D eigenvalue weighted by Crippen LogP contribution is 2.29. The quantitative estimate of drug-likeness (QED) is 0.712. The third-order valence-electron chi connectivity index (χ3n) is 4.03. The Labute approximate surface area is 155 Å². The molecule has 0 spiro atoms. The van der Waals surface area contributed by atoms with E-state index < -0.39 is 6.36 Å². The fourth-order valence-corrected chi connectivity index (χ4v) is 2.74. The minimum atomic E-state index is -4.74. The molecule has 27 heavy (non-hydrogen) atoms. The van der Waals surface area contributed by atoms with Crippen molar-refractivity contribution in [2.75, 3.05) is 0 Å². The number of nitrogens with one attached hydrogen (secondary N) is 1. The van der Waals surface area contributed by atoms with E-state index >= 15 is 0 Å². The van der Waals surface area contributed by atoms with Crippen molar-refractivity contribution < 1.29 is 27.8 Å². The number of carbonyl (C=O) groups is 1. The van der Waals surface area contributed by atoms with E-state index in [1.165, 1.54) is 24.3 Å². The first-order chi connectivity index (χ1) is 12.8. The predicted molar refractivity (Wildman–Crippen MR) is 95.9 cm³/mol. The minimum absolute atomic E-state index is 0.179. The molecule has 4 nitrogen and oxygen atoms in total. The molecule has 2 rings (SSSR count). The minimum Gasteiger partial charge on any atom is -0.406 e. The topological polar surface area (TPSA) is 58.6 Å². The van der Waals surface area contributed by atoms with Gasteiger partial charge in [-0.2, -0.15) is 0 Å². The largest absolute Gasteiger partial charge is 0.573 e. The molecule has 0 saturated carbocycles. The van der Waals surface area contributed by atoms with Crippen LogP contribution in [0.15, 0.2) is 49.1 Å². The van der Waals surface area contributed by atoms with Gasteiger partial charge in [-0.05, 0) is 58.5 Å². The predicted octanol–water partition coefficient (Wildman–Crippen LogP) is 4.11. The molecule has 0 heterocycles. The summed E-state index contributed by atoms with van der Waals surface area (Å²) in [7, 11) is 0. The van der Waals surface area contributed by atoms with Crippen molar-refractivity contribution in [2.45, 2.75) is 32.9 Å². The summed E-state index contributed by atoms with van der Waals surface area (Å²) in [6.45, 7) is 5.36. The third-order valence-corrected chi connectivity index (χ3v) is 4.03. The second-order valence-electron chi connectivity index (χ2n) is 5.78. The third kappa shape index (κ3) is 5.59. The molecule has 0 unspecified atom stereocenters. The Balaban J connectivity index is 2.38. The van der Waals surface area contributed by atoms with Gasteiger partial charge in [-0.1, -0.05) is 31.7 Å². The standard InChI is InChI=1S/C20H20F3NO3/c1-3-13-9-15(10-16(18(13)12-25)11-24-19(26)4-2)14-5-7-17(8-6-14)27-20(21,22)23/h4-10,25H,2-3,11-12H2,1H3,(H,24,26). The average molecular weight is 379 g/mol. The summed E-state index contributed by atoms with van der Waals surface area (Å²) in [5, 5.41) is 12.4. The molecule has 1 amide bonds. The van der Waals surface area contributed by atoms with Gasteiger partial charge in [-0.25, -0.2) is 0 Å². The lowest BCUT2D eigenvalue weighted by Crippen LogP contribution is -2.21. The second kappa shape index (κ2) is 8.73. The van der Waals surface area contributed by atoms with Crippen LogP contribution in [0.25, 0.3) is 11.1 Å². The van der Waals surface area contributed by atoms with Crippen LogP contribution in [0, 0.1) is 0 Å². The summed E-state index contributed by atoms with van der Waals surface area (Å²) < 4.78 is 40.8. The molecule has 0 atom stereocenters. The number of ether oxygens (including phenoxy) is 1. The number of aliphatic hydroxyl groups is 1. The number of hydrogen-bond acceptors (Lipinski definition) is 3. The molecule has 0 radical (unpaired) electrons. The van der Waals surface area contributed by atoms with Crippen molar-refractivity contribution in [1.29, 1.82) is 0 Å². The molecule has 2 aromatic rings. The van der Waals surface area contributed by atoms with Crippen LogP contribution in [-0.4, -0.2) is 17.4 Å². The van der Waals surface area contributed by atoms with E-state index in [1.807, 2.05) is 13.0 Å². The van der Waals surface area contributed by atoms with Crippen molar-refractivity contribution in [3.05, 3.63) is 65.7 Å². The maximum atomic E-state index is 12.3. The Morgan fingerprint density at radius 2 is 1.81 bits per heavy atom. The number of aryl methyl sites for hydroxylation is 1. The molecular weight excluding hydrogens is 359 g/mol. The Hall–Kier alpha value is -2.80. The van der Waals surface area contributed by atoms with Gasteiger partial charge in [0, 0.05) is 6.54 Å². The number of hydrogen-bond donors (Lipinski definition) is 2. The van der Waals surface area contributed by atoms with E-state index in [1.54, 1.807) is 6.07 Å². The van der Waals surface area contributed by atoms with Crippen LogP contribution in [-0.2, 0) is 24.4 Å². The fraction of sp³-hybridized carbons (Fsp3) is 0.250. The van der Waals surface area contributed by atoms with E-state index in [2.05, 4.69) is 16.6 Å². The number of carbonyl (C=O) groups excluding carboxylic acids is 1. The molecular formula is C20H20F3NO3. The molecule has 0 aromatic heterocycles. The molecule has 0 bridgehead atoms. The zero-order chi connectivity index (χ0) is 20.0. The summed E-state index contributed by atoms with van der Waals surface area (Å²) in [5.74, 6) is -0.636. The smallest absolute Gasteiger partial charge is 0.406 e. The molecule has 0 saturated heterocycles. The van der Waals surface area contributed by atoms with Crippen LogP contribution in [0.5, 0.6) is 5.75 Å². The van der Waals surface area contributed by atoms with E-state index in [9.17, 15) is 23.1 Å². The first-order valence-electron chi connectivity index (χ1n) is 8.29. The van der Waals surface area contributed by atoms with Gasteiger partial charge in [0.1, 0.15) is 5.75 Å². The lowest BCUT2D eigenvalue weighted by Gasteiger charge is -2.16. The number of aliphatic hydroxyl groups excluding tert-OH is 1. The molecule has 0 fully saturated rings. The Morgan fingerprint density at radius 1 is 1.19 bits per heavy atom. The Bertz CT molecular complexity index is 814. The van der Waals surface area contributed by atoms with E-state index in [4.69, 9.17) is 0 Å². The average Bonchev–Trinajstić information content (AvgIpc) is 2.64. The SMILES string of the molecule is C=CC(=O)NCc1cc(-c2ccc(OC(F)(F)F)cc2)cc(CC)c1CO. The van der Waals surface area contributed by atoms with Gasteiger partial charge in [0.15, 0.2) is 0 Å². The van der Waals surface area contributed by atoms with Crippen molar-refractivity contribution >= 4 is 5.91 Å². The summed E-state index contributed by atoms with van der Waals surface area (Å²) >= 11 is 0. The van der Waals surface area contributed by atoms with Crippen LogP contribution in [0.4, 0.5) is 13.2 Å². The van der Waals surface area contributed by atoms with Gasteiger partial charge >= 0.3 is 6.36 Å². The summed E-state index contributed by atoms with van der Waals surface area (Å²) in [6, 6.07) is 9.22. The first kappa shape index (κ1) is 20.5. The van der Waals surface area contributed by atoms with Crippen molar-refractivity contribution in [1.82, 2.24) is 5.32 Å². The van der Waals surface area contributed by atoms with Gasteiger partial charge in [0.2, 0.25) is 5.91 Å². The second-order valence-corrected chi connectivity index (χ2v) is 5.78. The lowest BCUT2D eigenvalue weighted by atomic mass is 9.93. The molecule has 0 aliphatic heterocycles. The van der Waals surface area contributed by atoms with Crippen LogP contribution in [0.2, 0.25) is 0 Å². The highest BCUT2D eigenvalue weighted by Gasteiger charge is 2.31. The fourth-order valence-electron chi connectivity index (χ4n) is 2.74. The number of amides is 1. The van der Waals surface area contributed by atoms with Gasteiger partial charge in [0.25, 0.3) is 0 Å². The number of halogens is 3. The Morgan fingerprint density at radius 3 is 2.33 bits per heavy atom. The number of alkyl halides is 3. The summed E-state index contributed by atoms with van der Waals surface area (Å²) in [4.78, 5) is 11.4. The van der Waals surface area contributed by atoms with Gasteiger partial charge in [-0.3, -0.25) is 4.79 Å². The molecule has 144 valence electrons. The van der Waals surface area contributed by atoms with Crippen LogP contribution in [0.1, 0.15) is 23.6 Å². The zero-order valence-electron chi connectivity index (χ0n) is 14.8. The van der Waals surface area contributed by atoms with Crippen molar-refractivity contribution in [2.24, 2.45) is 0 Å². The summed E-state index contributed by atoms with van der Waals surface area (Å²) in [5.41, 5.74) is 3.82. The van der Waals surface area contributed by atoms with Crippen LogP contribution < -0.4 is 10.1 Å². The van der Waals surface area contributed by atoms with E-state index in [0.29, 0.717) is 12.0 Å². The highest BCUT2D eigenvalue weighted by molar-refractivity contribution is 5.86. The zero-order valence-corrected chi connectivity index (χ0v) is 14.8. The summed E-state index contributed by atoms with van der Waals surface area (Å²) in [6.07, 6.45) is -2.93. The monoisotopic (exact) mass is 379 g/mol. The molecule has 2 aromatic carbocycles. The van der Waals surface area contributed by atoms with Crippen molar-refractivity contribution in [3.63, 3.8) is 0 Å².